The van der Waals surface area contributed by atoms with E-state index in [2.05, 4.69) is 0 Å². The lowest BCUT2D eigenvalue weighted by molar-refractivity contribution is 0.108. The number of halogens is 2. The number of benzene rings is 1. The minimum Gasteiger partial charge on any atom is -0.276 e. The van der Waals surface area contributed by atoms with E-state index in [-0.39, 0.29) is 15.5 Å². The molecule has 0 unspecified atom stereocenters. The van der Waals surface area contributed by atoms with Gasteiger partial charge in [0.25, 0.3) is 5.24 Å². The molecule has 0 saturated carbocycles. The number of hydrogen-bond donors (Lipinski definition) is 0. The van der Waals surface area contributed by atoms with Crippen molar-refractivity contribution in [3.8, 4) is 0 Å². The molecule has 0 spiro atoms. The first kappa shape index (κ1) is 13.4. The first-order valence-corrected chi connectivity index (χ1v) is 6.37. The maximum absolute atomic E-state index is 11.8. The highest BCUT2D eigenvalue weighted by Gasteiger charge is 2.19. The normalized spacial score (nSPS) is 11.8. The van der Waals surface area contributed by atoms with Gasteiger partial charge < -0.3 is 0 Å². The molecular formula is C9H9Cl2NO3S. The average molecular weight is 282 g/mol. The topological polar surface area (TPSA) is 54.5 Å². The molecule has 88 valence electrons. The van der Waals surface area contributed by atoms with Crippen molar-refractivity contribution in [3.63, 3.8) is 0 Å². The number of nitrogens with zero attached hydrogens (tertiary/aromatic N) is 1. The van der Waals surface area contributed by atoms with Gasteiger partial charge in [0, 0.05) is 24.7 Å². The predicted octanol–water partition coefficient (Wildman–Crippen LogP) is 1.97. The molecule has 1 aromatic rings. The van der Waals surface area contributed by atoms with E-state index in [1.165, 1.54) is 32.3 Å². The summed E-state index contributed by atoms with van der Waals surface area (Å²) in [7, 11) is -0.843. The van der Waals surface area contributed by atoms with Crippen molar-refractivity contribution in [2.45, 2.75) is 4.90 Å². The van der Waals surface area contributed by atoms with Crippen LogP contribution in [-0.2, 0) is 10.0 Å². The predicted molar refractivity (Wildman–Crippen MR) is 62.5 cm³/mol. The van der Waals surface area contributed by atoms with Gasteiger partial charge >= 0.3 is 0 Å². The lowest BCUT2D eigenvalue weighted by Gasteiger charge is -2.12. The van der Waals surface area contributed by atoms with E-state index in [0.717, 1.165) is 4.31 Å². The summed E-state index contributed by atoms with van der Waals surface area (Å²) >= 11 is 11.0. The Morgan fingerprint density at radius 2 is 1.81 bits per heavy atom. The van der Waals surface area contributed by atoms with Crippen LogP contribution in [-0.4, -0.2) is 32.1 Å². The Hall–Kier alpha value is -0.620. The fourth-order valence-corrected chi connectivity index (χ4v) is 2.42. The van der Waals surface area contributed by atoms with Crippen LogP contribution in [0.2, 0.25) is 5.02 Å². The van der Waals surface area contributed by atoms with Crippen molar-refractivity contribution >= 4 is 38.5 Å². The van der Waals surface area contributed by atoms with Crippen molar-refractivity contribution in [2.75, 3.05) is 14.1 Å². The van der Waals surface area contributed by atoms with Gasteiger partial charge in [-0.25, -0.2) is 12.7 Å². The van der Waals surface area contributed by atoms with Gasteiger partial charge in [0.1, 0.15) is 0 Å². The fourth-order valence-electron chi connectivity index (χ4n) is 1.04. The number of carbonyl (C=O) groups is 1. The molecule has 1 rings (SSSR count). The molecule has 0 aliphatic carbocycles. The van der Waals surface area contributed by atoms with Gasteiger partial charge in [-0.05, 0) is 29.8 Å². The number of rotatable bonds is 3. The van der Waals surface area contributed by atoms with Crippen LogP contribution in [0.4, 0.5) is 0 Å². The number of sulfonamides is 1. The summed E-state index contributed by atoms with van der Waals surface area (Å²) in [5.41, 5.74) is 0.0505. The molecule has 0 amide bonds. The second-order valence-electron chi connectivity index (χ2n) is 3.24. The Balaban J connectivity index is 3.42. The third-order valence-corrected chi connectivity index (χ3v) is 4.11. The Labute approximate surface area is 104 Å². The van der Waals surface area contributed by atoms with Crippen LogP contribution in [0.3, 0.4) is 0 Å². The molecule has 0 aromatic heterocycles. The first-order chi connectivity index (χ1) is 7.25. The Morgan fingerprint density at radius 1 is 1.25 bits per heavy atom. The van der Waals surface area contributed by atoms with Gasteiger partial charge in [0.2, 0.25) is 10.0 Å². The first-order valence-electron chi connectivity index (χ1n) is 4.18. The largest absolute Gasteiger partial charge is 0.276 e. The van der Waals surface area contributed by atoms with E-state index in [0.29, 0.717) is 0 Å². The highest BCUT2D eigenvalue weighted by atomic mass is 35.5. The molecular weight excluding hydrogens is 273 g/mol. The zero-order chi connectivity index (χ0) is 12.5. The van der Waals surface area contributed by atoms with Crippen LogP contribution < -0.4 is 0 Å². The van der Waals surface area contributed by atoms with Gasteiger partial charge in [0.05, 0.1) is 4.90 Å². The lowest BCUT2D eigenvalue weighted by Crippen LogP contribution is -2.22. The molecule has 0 fully saturated rings. The molecule has 0 N–H and O–H groups in total. The third-order valence-electron chi connectivity index (χ3n) is 1.88. The quantitative estimate of drug-likeness (QED) is 0.796. The van der Waals surface area contributed by atoms with E-state index >= 15 is 0 Å². The molecule has 1 aromatic carbocycles. The summed E-state index contributed by atoms with van der Waals surface area (Å²) in [6, 6.07) is 3.77. The van der Waals surface area contributed by atoms with Crippen molar-refractivity contribution in [1.82, 2.24) is 4.31 Å². The molecule has 0 heterocycles. The Bertz CT molecular complexity index is 526. The monoisotopic (exact) mass is 281 g/mol. The second-order valence-corrected chi connectivity index (χ2v) is 6.17. The van der Waals surface area contributed by atoms with Crippen LogP contribution in [0, 0.1) is 0 Å². The summed E-state index contributed by atoms with van der Waals surface area (Å²) in [4.78, 5) is 10.9. The number of hydrogen-bond acceptors (Lipinski definition) is 3. The highest BCUT2D eigenvalue weighted by molar-refractivity contribution is 7.89. The highest BCUT2D eigenvalue weighted by Crippen LogP contribution is 2.21. The molecule has 0 radical (unpaired) electrons. The van der Waals surface area contributed by atoms with Crippen molar-refractivity contribution in [1.29, 1.82) is 0 Å². The molecule has 0 aliphatic rings. The maximum atomic E-state index is 11.8. The van der Waals surface area contributed by atoms with Crippen LogP contribution >= 0.6 is 23.2 Å². The molecule has 0 aliphatic heterocycles. The van der Waals surface area contributed by atoms with Gasteiger partial charge in [0.15, 0.2) is 0 Å². The summed E-state index contributed by atoms with van der Waals surface area (Å²) in [6.07, 6.45) is 0. The average Bonchev–Trinajstić information content (AvgIpc) is 2.16. The maximum Gasteiger partial charge on any atom is 0.252 e. The SMILES string of the molecule is CN(C)S(=O)(=O)c1cc(Cl)cc(C(=O)Cl)c1. The fraction of sp³-hybridized carbons (Fsp3) is 0.222. The minimum atomic E-state index is -3.62. The molecule has 7 heteroatoms. The van der Waals surface area contributed by atoms with E-state index in [4.69, 9.17) is 23.2 Å². The summed E-state index contributed by atoms with van der Waals surface area (Å²) in [5, 5.41) is -0.607. The van der Waals surface area contributed by atoms with E-state index in [1.807, 2.05) is 0 Å². The van der Waals surface area contributed by atoms with Gasteiger partial charge in [-0.15, -0.1) is 0 Å². The summed E-state index contributed by atoms with van der Waals surface area (Å²) in [6.45, 7) is 0. The van der Waals surface area contributed by atoms with Gasteiger partial charge in [-0.2, -0.15) is 0 Å². The third kappa shape index (κ3) is 2.74. The van der Waals surface area contributed by atoms with Crippen molar-refractivity contribution in [2.24, 2.45) is 0 Å². The van der Waals surface area contributed by atoms with Crippen LogP contribution in [0.1, 0.15) is 10.4 Å². The van der Waals surface area contributed by atoms with Crippen molar-refractivity contribution in [3.05, 3.63) is 28.8 Å². The summed E-state index contributed by atoms with van der Waals surface area (Å²) in [5.74, 6) is 0. The smallest absolute Gasteiger partial charge is 0.252 e. The molecule has 0 bridgehead atoms. The van der Waals surface area contributed by atoms with E-state index in [1.54, 1.807) is 0 Å². The molecule has 4 nitrogen and oxygen atoms in total. The Kier molecular flexibility index (Phi) is 3.96. The second kappa shape index (κ2) is 4.71. The zero-order valence-corrected chi connectivity index (χ0v) is 10.9. The lowest BCUT2D eigenvalue weighted by atomic mass is 10.2. The minimum absolute atomic E-state index is 0.0505. The standard InChI is InChI=1S/C9H9Cl2NO3S/c1-12(2)16(14,15)8-4-6(9(11)13)3-7(10)5-8/h3-5H,1-2H3. The Morgan fingerprint density at radius 3 is 2.25 bits per heavy atom. The summed E-state index contributed by atoms with van der Waals surface area (Å²) < 4.78 is 24.6. The van der Waals surface area contributed by atoms with Crippen LogP contribution in [0.5, 0.6) is 0 Å². The van der Waals surface area contributed by atoms with Gasteiger partial charge in [-0.3, -0.25) is 4.79 Å². The van der Waals surface area contributed by atoms with E-state index in [9.17, 15) is 13.2 Å². The van der Waals surface area contributed by atoms with Crippen molar-refractivity contribution < 1.29 is 13.2 Å². The zero-order valence-electron chi connectivity index (χ0n) is 8.57. The molecule has 0 atom stereocenters. The molecule has 16 heavy (non-hydrogen) atoms. The van der Waals surface area contributed by atoms with Gasteiger partial charge in [-0.1, -0.05) is 11.6 Å². The molecule has 0 saturated heterocycles. The number of carbonyl (C=O) groups excluding carboxylic acids is 1. The van der Waals surface area contributed by atoms with Crippen LogP contribution in [0.25, 0.3) is 0 Å². The van der Waals surface area contributed by atoms with Crippen LogP contribution in [0.15, 0.2) is 23.1 Å². The van der Waals surface area contributed by atoms with E-state index < -0.39 is 15.3 Å².